The summed E-state index contributed by atoms with van der Waals surface area (Å²) < 4.78 is 39.7. The van der Waals surface area contributed by atoms with Gasteiger partial charge in [-0.15, -0.1) is 0 Å². The summed E-state index contributed by atoms with van der Waals surface area (Å²) in [4.78, 5) is 38.5. The molecule has 92 heavy (non-hydrogen) atoms. The van der Waals surface area contributed by atoms with Crippen molar-refractivity contribution in [1.82, 2.24) is 9.97 Å². The van der Waals surface area contributed by atoms with E-state index in [9.17, 15) is 9.59 Å². The molecule has 3 rings (SSSR count). The van der Waals surface area contributed by atoms with Crippen LogP contribution in [0.25, 0.3) is 0 Å². The van der Waals surface area contributed by atoms with Gasteiger partial charge >= 0.3 is 0 Å². The second-order valence-electron chi connectivity index (χ2n) is 26.5. The highest BCUT2D eigenvalue weighted by Gasteiger charge is 2.24. The molecule has 3 aromatic rings. The van der Waals surface area contributed by atoms with E-state index in [2.05, 4.69) is 52.2 Å². The number of nitrogens with one attached hydrogen (secondary N) is 2. The van der Waals surface area contributed by atoms with Gasteiger partial charge < -0.3 is 39.1 Å². The third kappa shape index (κ3) is 38.6. The summed E-state index contributed by atoms with van der Waals surface area (Å²) in [6.07, 6.45) is 57.6. The predicted molar refractivity (Wildman–Crippen MR) is 389 cm³/mol. The maximum atomic E-state index is 14.5. The van der Waals surface area contributed by atoms with Crippen molar-refractivity contribution in [3.63, 3.8) is 0 Å². The second-order valence-corrected chi connectivity index (χ2v) is 26.5. The molecule has 0 bridgehead atoms. The van der Waals surface area contributed by atoms with Gasteiger partial charge in [0.05, 0.1) is 51.0 Å². The van der Waals surface area contributed by atoms with Crippen LogP contribution in [0.1, 0.15) is 382 Å². The van der Waals surface area contributed by atoms with Crippen molar-refractivity contribution in [3.05, 3.63) is 47.0 Å². The zero-order valence-corrected chi connectivity index (χ0v) is 60.7. The number of amides is 2. The standard InChI is InChI=1S/C80H138N4O8/c1-9-15-21-27-33-39-45-51-57-87-71-63-69(64-72(88-58-52-46-40-34-28-22-16-10-2)77(71)91-61-55-49-43-37-31-25-19-13-5)83-79(85)75-67(7)82-76(68(8)81-75)80(86)84-70-65-73(89-59-53-47-41-35-29-23-17-11-3)78(92-62-56-50-44-38-32-26-20-14-6)74(66-70)90-60-54-48-42-36-30-24-18-12-4/h63-66H,9-62H2,1-8H3,(H,83,85)(H,84,86). The first-order valence-corrected chi connectivity index (χ1v) is 38.8. The molecule has 0 spiro atoms. The number of carbonyl (C=O) groups is 2. The predicted octanol–water partition coefficient (Wildman–Crippen LogP) is 24.7. The topological polar surface area (TPSA) is 139 Å². The summed E-state index contributed by atoms with van der Waals surface area (Å²) in [7, 11) is 0. The lowest BCUT2D eigenvalue weighted by molar-refractivity contribution is 0.100. The SMILES string of the molecule is CCCCCCCCCCOc1cc(NC(=O)c2nc(C)c(C(=O)Nc3cc(OCCCCCCCCCC)c(OCCCCCCCCCC)c(OCCCCCCCCCC)c3)nc2C)cc(OCCCCCCCCCC)c1OCCCCCCCCCC. The van der Waals surface area contributed by atoms with Gasteiger partial charge in [-0.2, -0.15) is 0 Å². The number of unbranched alkanes of at least 4 members (excludes halogenated alkanes) is 42. The van der Waals surface area contributed by atoms with E-state index in [4.69, 9.17) is 38.4 Å². The minimum Gasteiger partial charge on any atom is -0.489 e. The van der Waals surface area contributed by atoms with Gasteiger partial charge in [0.15, 0.2) is 23.0 Å². The summed E-state index contributed by atoms with van der Waals surface area (Å²) >= 11 is 0. The monoisotopic (exact) mass is 1280 g/mol. The van der Waals surface area contributed by atoms with Crippen molar-refractivity contribution in [1.29, 1.82) is 0 Å². The first-order chi connectivity index (χ1) is 45.2. The molecule has 12 nitrogen and oxygen atoms in total. The molecule has 0 aliphatic carbocycles. The van der Waals surface area contributed by atoms with Crippen LogP contribution in [-0.4, -0.2) is 61.4 Å². The summed E-state index contributed by atoms with van der Waals surface area (Å²) in [5, 5.41) is 6.26. The van der Waals surface area contributed by atoms with Crippen LogP contribution in [-0.2, 0) is 0 Å². The first kappa shape index (κ1) is 81.5. The highest BCUT2D eigenvalue weighted by Crippen LogP contribution is 2.43. The minimum absolute atomic E-state index is 0.128. The number of nitrogens with zero attached hydrogens (tertiary/aromatic N) is 2. The normalized spacial score (nSPS) is 11.3. The average Bonchev–Trinajstić information content (AvgIpc) is 1.60. The van der Waals surface area contributed by atoms with E-state index in [1.165, 1.54) is 231 Å². The Morgan fingerprint density at radius 2 is 0.446 bits per heavy atom. The maximum Gasteiger partial charge on any atom is 0.276 e. The molecular formula is C80H138N4O8. The molecular weight excluding hydrogens is 1140 g/mol. The number of ether oxygens (including phenoxy) is 6. The third-order valence-corrected chi connectivity index (χ3v) is 17.7. The third-order valence-electron chi connectivity index (χ3n) is 17.7. The number of aromatic nitrogens is 2. The molecule has 1 aromatic heterocycles. The van der Waals surface area contributed by atoms with Crippen LogP contribution in [0.4, 0.5) is 11.4 Å². The van der Waals surface area contributed by atoms with Crippen molar-refractivity contribution in [3.8, 4) is 34.5 Å². The average molecular weight is 1280 g/mol. The van der Waals surface area contributed by atoms with Gasteiger partial charge in [-0.25, -0.2) is 9.97 Å². The van der Waals surface area contributed by atoms with Crippen LogP contribution < -0.4 is 39.1 Å². The Bertz CT molecular complexity index is 2050. The molecule has 0 aliphatic heterocycles. The van der Waals surface area contributed by atoms with E-state index >= 15 is 0 Å². The van der Waals surface area contributed by atoms with Gasteiger partial charge in [0.25, 0.3) is 11.8 Å². The van der Waals surface area contributed by atoms with Crippen LogP contribution in [0.3, 0.4) is 0 Å². The quantitative estimate of drug-likeness (QED) is 0.0525. The summed E-state index contributed by atoms with van der Waals surface area (Å²) in [5.41, 5.74) is 1.94. The van der Waals surface area contributed by atoms with E-state index in [1.54, 1.807) is 13.8 Å². The lowest BCUT2D eigenvalue weighted by atomic mass is 10.1. The molecule has 0 radical (unpaired) electrons. The number of hydrogen-bond acceptors (Lipinski definition) is 10. The molecule has 0 saturated heterocycles. The summed E-state index contributed by atoms with van der Waals surface area (Å²) in [6.45, 7) is 20.3. The molecule has 526 valence electrons. The van der Waals surface area contributed by atoms with Crippen LogP contribution in [0, 0.1) is 13.8 Å². The van der Waals surface area contributed by atoms with Gasteiger partial charge in [0.2, 0.25) is 11.5 Å². The van der Waals surface area contributed by atoms with Crippen molar-refractivity contribution < 1.29 is 38.0 Å². The number of carbonyl (C=O) groups excluding carboxylic acids is 2. The molecule has 0 saturated carbocycles. The smallest absolute Gasteiger partial charge is 0.276 e. The first-order valence-electron chi connectivity index (χ1n) is 38.8. The number of benzene rings is 2. The lowest BCUT2D eigenvalue weighted by Gasteiger charge is -2.20. The highest BCUT2D eigenvalue weighted by atomic mass is 16.5. The van der Waals surface area contributed by atoms with Gasteiger partial charge in [-0.1, -0.05) is 311 Å². The zero-order chi connectivity index (χ0) is 66.2. The van der Waals surface area contributed by atoms with Crippen LogP contribution in [0.15, 0.2) is 24.3 Å². The zero-order valence-electron chi connectivity index (χ0n) is 60.7. The Labute approximate surface area is 563 Å². The second kappa shape index (κ2) is 56.6. The highest BCUT2D eigenvalue weighted by molar-refractivity contribution is 6.06. The van der Waals surface area contributed by atoms with Crippen molar-refractivity contribution >= 4 is 23.2 Å². The van der Waals surface area contributed by atoms with Crippen molar-refractivity contribution in [2.24, 2.45) is 0 Å². The molecule has 0 fully saturated rings. The molecule has 0 aliphatic rings. The maximum absolute atomic E-state index is 14.5. The molecule has 2 aromatic carbocycles. The molecule has 2 amide bonds. The van der Waals surface area contributed by atoms with Crippen molar-refractivity contribution in [2.45, 2.75) is 364 Å². The van der Waals surface area contributed by atoms with E-state index in [0.29, 0.717) is 96.9 Å². The van der Waals surface area contributed by atoms with E-state index in [1.807, 2.05) is 24.3 Å². The Morgan fingerprint density at radius 1 is 0.272 bits per heavy atom. The number of hydrogen-bond donors (Lipinski definition) is 2. The minimum atomic E-state index is -0.445. The molecule has 12 heteroatoms. The fraction of sp³-hybridized carbons (Fsp3) is 0.775. The fourth-order valence-electron chi connectivity index (χ4n) is 11.9. The van der Waals surface area contributed by atoms with Crippen LogP contribution in [0.2, 0.25) is 0 Å². The van der Waals surface area contributed by atoms with E-state index in [-0.39, 0.29) is 11.4 Å². The Balaban J connectivity index is 1.93. The largest absolute Gasteiger partial charge is 0.489 e. The van der Waals surface area contributed by atoms with Crippen LogP contribution >= 0.6 is 0 Å². The Kier molecular flexibility index (Phi) is 50.1. The molecule has 0 atom stereocenters. The van der Waals surface area contributed by atoms with Gasteiger partial charge in [-0.3, -0.25) is 9.59 Å². The lowest BCUT2D eigenvalue weighted by Crippen LogP contribution is -2.22. The Morgan fingerprint density at radius 3 is 0.641 bits per heavy atom. The van der Waals surface area contributed by atoms with Crippen molar-refractivity contribution in [2.75, 3.05) is 50.3 Å². The number of anilines is 2. The van der Waals surface area contributed by atoms with Gasteiger partial charge in [0.1, 0.15) is 11.4 Å². The molecule has 0 unspecified atom stereocenters. The fourth-order valence-corrected chi connectivity index (χ4v) is 11.9. The van der Waals surface area contributed by atoms with E-state index in [0.717, 1.165) is 77.0 Å². The van der Waals surface area contributed by atoms with Crippen LogP contribution in [0.5, 0.6) is 34.5 Å². The Hall–Kier alpha value is -4.74. The molecule has 2 N–H and O–H groups in total. The molecule has 1 heterocycles. The number of rotatable bonds is 64. The van der Waals surface area contributed by atoms with Gasteiger partial charge in [0, 0.05) is 35.6 Å². The van der Waals surface area contributed by atoms with E-state index < -0.39 is 11.8 Å². The number of aryl methyl sites for hydroxylation is 2. The summed E-state index contributed by atoms with van der Waals surface area (Å²) in [6, 6.07) is 7.45. The van der Waals surface area contributed by atoms with Gasteiger partial charge in [-0.05, 0) is 52.4 Å². The summed E-state index contributed by atoms with van der Waals surface area (Å²) in [5.74, 6) is 2.56.